The Morgan fingerprint density at radius 1 is 1.12 bits per heavy atom. The second-order valence-corrected chi connectivity index (χ2v) is 8.32. The van der Waals surface area contributed by atoms with E-state index in [1.807, 2.05) is 6.20 Å². The zero-order valence-corrected chi connectivity index (χ0v) is 15.7. The average molecular weight is 365 g/mol. The van der Waals surface area contributed by atoms with E-state index in [-0.39, 0.29) is 6.04 Å². The van der Waals surface area contributed by atoms with E-state index >= 15 is 0 Å². The van der Waals surface area contributed by atoms with Gasteiger partial charge in [-0.3, -0.25) is 9.69 Å². The maximum atomic E-state index is 12.9. The third-order valence-electron chi connectivity index (χ3n) is 5.50. The molecule has 3 aliphatic rings. The number of morpholine rings is 1. The SMILES string of the molecule is O=C([C@@H]1CCCN1Cc1cnc(N2CCOCC2)s1)N1CCCCC1. The van der Waals surface area contributed by atoms with Gasteiger partial charge >= 0.3 is 0 Å². The van der Waals surface area contributed by atoms with Crippen molar-refractivity contribution >= 4 is 22.4 Å². The highest BCUT2D eigenvalue weighted by atomic mass is 32.1. The molecule has 0 radical (unpaired) electrons. The number of rotatable bonds is 4. The van der Waals surface area contributed by atoms with Crippen molar-refractivity contribution in [2.24, 2.45) is 0 Å². The summed E-state index contributed by atoms with van der Waals surface area (Å²) < 4.78 is 5.42. The molecule has 0 N–H and O–H groups in total. The number of anilines is 1. The van der Waals surface area contributed by atoms with Crippen molar-refractivity contribution in [2.75, 3.05) is 50.8 Å². The molecule has 1 aromatic heterocycles. The van der Waals surface area contributed by atoms with E-state index in [0.717, 1.165) is 83.3 Å². The van der Waals surface area contributed by atoms with E-state index < -0.39 is 0 Å². The van der Waals surface area contributed by atoms with Crippen LogP contribution in [0.1, 0.15) is 37.0 Å². The lowest BCUT2D eigenvalue weighted by atomic mass is 10.1. The van der Waals surface area contributed by atoms with Crippen LogP contribution in [0.3, 0.4) is 0 Å². The molecule has 0 aliphatic carbocycles. The van der Waals surface area contributed by atoms with Gasteiger partial charge in [0.2, 0.25) is 5.91 Å². The maximum absolute atomic E-state index is 12.9. The summed E-state index contributed by atoms with van der Waals surface area (Å²) in [7, 11) is 0. The molecule has 4 heterocycles. The van der Waals surface area contributed by atoms with Crippen LogP contribution in [0.5, 0.6) is 0 Å². The predicted molar refractivity (Wildman–Crippen MR) is 99.0 cm³/mol. The van der Waals surface area contributed by atoms with Crippen LogP contribution in [0.25, 0.3) is 0 Å². The topological polar surface area (TPSA) is 48.9 Å². The van der Waals surface area contributed by atoms with E-state index in [4.69, 9.17) is 4.74 Å². The smallest absolute Gasteiger partial charge is 0.239 e. The molecule has 25 heavy (non-hydrogen) atoms. The van der Waals surface area contributed by atoms with Gasteiger partial charge in [0, 0.05) is 43.8 Å². The number of hydrogen-bond acceptors (Lipinski definition) is 6. The molecule has 0 spiro atoms. The summed E-state index contributed by atoms with van der Waals surface area (Å²) in [4.78, 5) is 25.5. The number of carbonyl (C=O) groups is 1. The zero-order valence-electron chi connectivity index (χ0n) is 14.9. The highest BCUT2D eigenvalue weighted by Gasteiger charge is 2.34. The highest BCUT2D eigenvalue weighted by molar-refractivity contribution is 7.15. The van der Waals surface area contributed by atoms with E-state index in [1.165, 1.54) is 11.3 Å². The molecule has 6 nitrogen and oxygen atoms in total. The van der Waals surface area contributed by atoms with Gasteiger partial charge in [-0.15, -0.1) is 11.3 Å². The summed E-state index contributed by atoms with van der Waals surface area (Å²) in [5, 5.41) is 1.09. The Morgan fingerprint density at radius 3 is 2.72 bits per heavy atom. The Morgan fingerprint density at radius 2 is 1.92 bits per heavy atom. The first-order valence-corrected chi connectivity index (χ1v) is 10.4. The van der Waals surface area contributed by atoms with Crippen LogP contribution < -0.4 is 4.90 Å². The monoisotopic (exact) mass is 364 g/mol. The highest BCUT2D eigenvalue weighted by Crippen LogP contribution is 2.28. The maximum Gasteiger partial charge on any atom is 0.239 e. The van der Waals surface area contributed by atoms with Gasteiger partial charge in [-0.05, 0) is 38.6 Å². The first kappa shape index (κ1) is 17.2. The number of ether oxygens (including phenoxy) is 1. The van der Waals surface area contributed by atoms with Gasteiger partial charge in [-0.25, -0.2) is 4.98 Å². The first-order valence-electron chi connectivity index (χ1n) is 9.61. The van der Waals surface area contributed by atoms with Gasteiger partial charge in [-0.2, -0.15) is 0 Å². The number of amides is 1. The molecule has 0 bridgehead atoms. The number of carbonyl (C=O) groups excluding carboxylic acids is 1. The van der Waals surface area contributed by atoms with Crippen LogP contribution in [0.4, 0.5) is 5.13 Å². The molecule has 138 valence electrons. The number of thiazole rings is 1. The fourth-order valence-corrected chi connectivity index (χ4v) is 5.08. The number of aromatic nitrogens is 1. The summed E-state index contributed by atoms with van der Waals surface area (Å²) in [6.07, 6.45) is 7.72. The van der Waals surface area contributed by atoms with Crippen LogP contribution in [-0.4, -0.2) is 72.7 Å². The predicted octanol–water partition coefficient (Wildman–Crippen LogP) is 1.96. The second kappa shape index (κ2) is 8.01. The number of hydrogen-bond donors (Lipinski definition) is 0. The third-order valence-corrected chi connectivity index (χ3v) is 6.54. The van der Waals surface area contributed by atoms with Crippen LogP contribution in [0, 0.1) is 0 Å². The Bertz CT molecular complexity index is 581. The van der Waals surface area contributed by atoms with Crippen LogP contribution in [0.2, 0.25) is 0 Å². The quantitative estimate of drug-likeness (QED) is 0.817. The van der Waals surface area contributed by atoms with Gasteiger partial charge in [0.25, 0.3) is 0 Å². The van der Waals surface area contributed by atoms with Crippen molar-refractivity contribution in [1.82, 2.24) is 14.8 Å². The van der Waals surface area contributed by atoms with Crippen molar-refractivity contribution in [3.63, 3.8) is 0 Å². The lowest BCUT2D eigenvalue weighted by Crippen LogP contribution is -2.47. The number of piperidine rings is 1. The minimum absolute atomic E-state index is 0.0760. The molecule has 0 unspecified atom stereocenters. The van der Waals surface area contributed by atoms with Crippen molar-refractivity contribution in [2.45, 2.75) is 44.7 Å². The number of nitrogens with zero attached hydrogens (tertiary/aromatic N) is 4. The Balaban J connectivity index is 1.37. The summed E-state index contributed by atoms with van der Waals surface area (Å²) in [5.74, 6) is 0.357. The Kier molecular flexibility index (Phi) is 5.53. The molecule has 1 amide bonds. The van der Waals surface area contributed by atoms with Crippen molar-refractivity contribution in [3.8, 4) is 0 Å². The van der Waals surface area contributed by atoms with E-state index in [2.05, 4.69) is 19.7 Å². The second-order valence-electron chi connectivity index (χ2n) is 7.22. The van der Waals surface area contributed by atoms with Crippen LogP contribution in [-0.2, 0) is 16.1 Å². The molecular weight excluding hydrogens is 336 g/mol. The Labute approximate surface area is 153 Å². The standard InChI is InChI=1S/C18H28N4O2S/c23-17(20-6-2-1-3-7-20)16-5-4-8-22(16)14-15-13-19-18(25-15)21-9-11-24-12-10-21/h13,16H,1-12,14H2/t16-/m0/s1. The normalized spacial score (nSPS) is 25.5. The van der Waals surface area contributed by atoms with E-state index in [1.54, 1.807) is 11.3 Å². The average Bonchev–Trinajstić information content (AvgIpc) is 3.33. The zero-order chi connectivity index (χ0) is 17.1. The molecule has 0 aromatic carbocycles. The molecular formula is C18H28N4O2S. The van der Waals surface area contributed by atoms with Gasteiger partial charge in [-0.1, -0.05) is 0 Å². The molecule has 1 atom stereocenters. The van der Waals surface area contributed by atoms with Gasteiger partial charge in [0.15, 0.2) is 5.13 Å². The molecule has 4 rings (SSSR count). The largest absolute Gasteiger partial charge is 0.378 e. The summed E-state index contributed by atoms with van der Waals surface area (Å²) >= 11 is 1.77. The minimum atomic E-state index is 0.0760. The van der Waals surface area contributed by atoms with Gasteiger partial charge in [0.05, 0.1) is 19.3 Å². The molecule has 3 saturated heterocycles. The molecule has 7 heteroatoms. The summed E-state index contributed by atoms with van der Waals surface area (Å²) in [5.41, 5.74) is 0. The fraction of sp³-hybridized carbons (Fsp3) is 0.778. The van der Waals surface area contributed by atoms with Gasteiger partial charge in [0.1, 0.15) is 0 Å². The van der Waals surface area contributed by atoms with Crippen LogP contribution >= 0.6 is 11.3 Å². The lowest BCUT2D eigenvalue weighted by Gasteiger charge is -2.32. The molecule has 1 aromatic rings. The van der Waals surface area contributed by atoms with Crippen molar-refractivity contribution in [3.05, 3.63) is 11.1 Å². The van der Waals surface area contributed by atoms with Crippen LogP contribution in [0.15, 0.2) is 6.20 Å². The first-order chi connectivity index (χ1) is 12.3. The fourth-order valence-electron chi connectivity index (χ4n) is 4.09. The van der Waals surface area contributed by atoms with Crippen molar-refractivity contribution < 1.29 is 9.53 Å². The molecule has 0 saturated carbocycles. The van der Waals surface area contributed by atoms with E-state index in [9.17, 15) is 4.79 Å². The minimum Gasteiger partial charge on any atom is -0.378 e. The number of likely N-dealkylation sites (tertiary alicyclic amines) is 2. The molecule has 3 aliphatic heterocycles. The van der Waals surface area contributed by atoms with Crippen molar-refractivity contribution in [1.29, 1.82) is 0 Å². The summed E-state index contributed by atoms with van der Waals surface area (Å²) in [6.45, 7) is 7.19. The summed E-state index contributed by atoms with van der Waals surface area (Å²) in [6, 6.07) is 0.0760. The Hall–Kier alpha value is -1.18. The van der Waals surface area contributed by atoms with E-state index in [0.29, 0.717) is 5.91 Å². The lowest BCUT2D eigenvalue weighted by molar-refractivity contribution is -0.137. The third kappa shape index (κ3) is 3.99. The molecule has 3 fully saturated rings. The van der Waals surface area contributed by atoms with Gasteiger partial charge < -0.3 is 14.5 Å².